The summed E-state index contributed by atoms with van der Waals surface area (Å²) in [5.41, 5.74) is 14.5. The smallest absolute Gasteiger partial charge is 0.243 e. The lowest BCUT2D eigenvalue weighted by atomic mass is 9.81. The number of nitrogen functional groups attached to an aromatic ring is 1. The third-order valence-electron chi connectivity index (χ3n) is 19.1. The molecule has 5 aliphatic heterocycles. The summed E-state index contributed by atoms with van der Waals surface area (Å²) in [5.74, 6) is 2.38. The molecule has 0 spiro atoms. The molecule has 5 N–H and O–H groups in total. The Morgan fingerprint density at radius 1 is 0.831 bits per heavy atom. The quantitative estimate of drug-likeness (QED) is 0.0677. The molecule has 6 fully saturated rings. The summed E-state index contributed by atoms with van der Waals surface area (Å²) in [5, 5.41) is 37.6. The summed E-state index contributed by atoms with van der Waals surface area (Å²) < 4.78 is 12.6. The van der Waals surface area contributed by atoms with Crippen LogP contribution in [-0.4, -0.2) is 163 Å². The maximum Gasteiger partial charge on any atom is 0.243 e. The molecule has 20 heteroatoms. The number of ether oxygens (including phenoxy) is 1. The van der Waals surface area contributed by atoms with Crippen molar-refractivity contribution in [1.29, 1.82) is 0 Å². The van der Waals surface area contributed by atoms with Crippen LogP contribution >= 0.6 is 11.3 Å². The molecule has 9 heterocycles. The molecule has 2 bridgehead atoms. The van der Waals surface area contributed by atoms with E-state index in [0.717, 1.165) is 130 Å². The van der Waals surface area contributed by atoms with Crippen LogP contribution in [0.4, 0.5) is 23.0 Å². The van der Waals surface area contributed by atoms with Gasteiger partial charge < -0.3 is 50.1 Å². The summed E-state index contributed by atoms with van der Waals surface area (Å²) in [6.07, 6.45) is 7.78. The van der Waals surface area contributed by atoms with Crippen molar-refractivity contribution in [2.45, 2.75) is 141 Å². The van der Waals surface area contributed by atoms with Crippen LogP contribution in [0.15, 0.2) is 89.0 Å². The van der Waals surface area contributed by atoms with Crippen molar-refractivity contribution in [1.82, 2.24) is 45.3 Å². The Kier molecular flexibility index (Phi) is 16.4. The standard InChI is InChI=1S/C63H81N13O6S/c1-37(2)59(63(80)75-35-49(77)28-54(75)62(79)67-38(3)44-11-13-45(14-12-44)60-39(4)66-36-83-60)56-30-57(70-82-56)71-21-18-42(19-22-71)31-72-23-24-73(41(6)40(72)5)32-43-25-50(26-43)81-58-27-46(17-20-65-58)76-47-15-16-48(76)34-74(33-47)53-29-52(68-69-61(53)64)51-9-7-8-10-55(51)78/h7-14,17,20,27,29-30,36-38,40-43,47-50,54,59,77-78H,15-16,18-19,21-26,28,31-35H2,1-6H3,(H2,64,69)(H,67,79)/t38-,40?,41?,43?,47+,48?,49+,50?,54-,59+/m0/s1. The zero-order chi connectivity index (χ0) is 57.6. The number of phenols is 1. The number of thiazole rings is 1. The molecule has 440 valence electrons. The first-order valence-electron chi connectivity index (χ1n) is 30.2. The van der Waals surface area contributed by atoms with E-state index in [1.54, 1.807) is 28.4 Å². The van der Waals surface area contributed by atoms with Crippen molar-refractivity contribution in [2.75, 3.05) is 79.3 Å². The zero-order valence-corrected chi connectivity index (χ0v) is 49.6. The van der Waals surface area contributed by atoms with Gasteiger partial charge in [-0.25, -0.2) is 9.97 Å². The van der Waals surface area contributed by atoms with Gasteiger partial charge in [0.2, 0.25) is 17.7 Å². The number of aliphatic hydroxyl groups excluding tert-OH is 1. The lowest BCUT2D eigenvalue weighted by Crippen LogP contribution is -2.59. The predicted octanol–water partition coefficient (Wildman–Crippen LogP) is 8.15. The molecule has 2 amide bonds. The van der Waals surface area contributed by atoms with E-state index < -0.39 is 18.1 Å². The van der Waals surface area contributed by atoms with Gasteiger partial charge in [-0.2, -0.15) is 0 Å². The van der Waals surface area contributed by atoms with Crippen LogP contribution in [0.3, 0.4) is 0 Å². The first kappa shape index (κ1) is 56.6. The van der Waals surface area contributed by atoms with Crippen molar-refractivity contribution >= 4 is 46.2 Å². The second-order valence-electron chi connectivity index (χ2n) is 24.9. The Morgan fingerprint density at radius 2 is 1.54 bits per heavy atom. The molecule has 3 unspecified atom stereocenters. The number of piperidine rings is 1. The van der Waals surface area contributed by atoms with E-state index in [-0.39, 0.29) is 48.6 Å². The molecule has 6 aromatic rings. The number of β-amino-alcohol motifs (C(OH)–C–C–N with tert-alkyl or cyclic N) is 1. The molecule has 2 aromatic carbocycles. The summed E-state index contributed by atoms with van der Waals surface area (Å²) in [6, 6.07) is 23.8. The fourth-order valence-corrected chi connectivity index (χ4v) is 15.0. The lowest BCUT2D eigenvalue weighted by Gasteiger charge is -2.49. The Hall–Kier alpha value is -6.87. The average Bonchev–Trinajstić information content (AvgIpc) is 4.46. The van der Waals surface area contributed by atoms with Crippen molar-refractivity contribution in [3.05, 3.63) is 102 Å². The molecule has 8 atom stereocenters. The highest BCUT2D eigenvalue weighted by Crippen LogP contribution is 2.42. The topological polar surface area (TPSA) is 219 Å². The van der Waals surface area contributed by atoms with E-state index in [9.17, 15) is 19.8 Å². The van der Waals surface area contributed by atoms with E-state index in [2.05, 4.69) is 81.1 Å². The Labute approximate surface area is 491 Å². The van der Waals surface area contributed by atoms with E-state index in [1.807, 2.05) is 87.9 Å². The number of carbonyl (C=O) groups is 2. The highest BCUT2D eigenvalue weighted by Gasteiger charge is 2.45. The maximum atomic E-state index is 14.5. The van der Waals surface area contributed by atoms with E-state index in [0.29, 0.717) is 64.7 Å². The zero-order valence-electron chi connectivity index (χ0n) is 48.8. The number of hydrogen-bond acceptors (Lipinski definition) is 18. The maximum absolute atomic E-state index is 14.5. The molecule has 6 aliphatic rings. The average molecular weight is 1150 g/mol. The minimum atomic E-state index is -0.802. The van der Waals surface area contributed by atoms with Gasteiger partial charge in [-0.1, -0.05) is 55.4 Å². The molecule has 1 aliphatic carbocycles. The first-order chi connectivity index (χ1) is 40.1. The van der Waals surface area contributed by atoms with Crippen LogP contribution in [0.1, 0.15) is 109 Å². The van der Waals surface area contributed by atoms with Crippen molar-refractivity contribution in [2.24, 2.45) is 17.8 Å². The number of para-hydroxylation sites is 1. The van der Waals surface area contributed by atoms with Gasteiger partial charge in [0.25, 0.3) is 0 Å². The molecule has 5 saturated heterocycles. The van der Waals surface area contributed by atoms with Gasteiger partial charge in [0.15, 0.2) is 17.4 Å². The molecule has 4 aromatic heterocycles. The van der Waals surface area contributed by atoms with Crippen LogP contribution in [0.25, 0.3) is 21.7 Å². The second kappa shape index (κ2) is 24.0. The number of anilines is 4. The van der Waals surface area contributed by atoms with Crippen LogP contribution < -0.4 is 30.5 Å². The summed E-state index contributed by atoms with van der Waals surface area (Å²) in [6.45, 7) is 20.4. The van der Waals surface area contributed by atoms with Crippen LogP contribution in [0.5, 0.6) is 11.6 Å². The number of aryl methyl sites for hydroxylation is 1. The lowest BCUT2D eigenvalue weighted by molar-refractivity contribution is -0.141. The fourth-order valence-electron chi connectivity index (χ4n) is 14.2. The number of amides is 2. The summed E-state index contributed by atoms with van der Waals surface area (Å²) in [7, 11) is 0. The van der Waals surface area contributed by atoms with E-state index in [4.69, 9.17) is 15.0 Å². The van der Waals surface area contributed by atoms with Crippen LogP contribution in [0, 0.1) is 24.7 Å². The molecule has 1 saturated carbocycles. The number of nitrogens with one attached hydrogen (secondary N) is 1. The normalized spacial score (nSPS) is 25.9. The first-order valence-corrected chi connectivity index (χ1v) is 31.1. The SMILES string of the molecule is Cc1ncsc1-c1ccc([C@H](C)NC(=O)[C@@H]2C[C@@H](O)CN2C(=O)[C@@H](c2cc(N3CCC(CN4CCN(CC5CC(Oc6cc(N7C8CC[C@@H]7CN(c7cc(-c9ccccc9O)nnc7N)C8)ccn6)C5)C(C)C4C)CC3)no2)C(C)C)cc1. The van der Waals surface area contributed by atoms with Gasteiger partial charge in [-0.15, -0.1) is 21.5 Å². The minimum Gasteiger partial charge on any atom is -0.507 e. The number of hydrogen-bond donors (Lipinski definition) is 4. The molecule has 83 heavy (non-hydrogen) atoms. The van der Waals surface area contributed by atoms with Crippen molar-refractivity contribution in [3.8, 4) is 33.3 Å². The monoisotopic (exact) mass is 1150 g/mol. The molecular weight excluding hydrogens is 1070 g/mol. The largest absolute Gasteiger partial charge is 0.507 e. The van der Waals surface area contributed by atoms with Crippen molar-refractivity contribution in [3.63, 3.8) is 0 Å². The molecular formula is C63H81N13O6S. The number of likely N-dealkylation sites (tertiary alicyclic amines) is 1. The minimum absolute atomic E-state index is 0.0862. The Bertz CT molecular complexity index is 3220. The third-order valence-corrected chi connectivity index (χ3v) is 20.1. The second-order valence-corrected chi connectivity index (χ2v) is 25.7. The summed E-state index contributed by atoms with van der Waals surface area (Å²) >= 11 is 1.60. The number of rotatable bonds is 17. The number of aromatic hydroxyl groups is 1. The van der Waals surface area contributed by atoms with Gasteiger partial charge >= 0.3 is 0 Å². The Morgan fingerprint density at radius 3 is 2.23 bits per heavy atom. The number of fused-ring (bicyclic) bond motifs is 2. The number of pyridine rings is 1. The van der Waals surface area contributed by atoms with Gasteiger partial charge in [0, 0.05) is 119 Å². The number of nitrogens with two attached hydrogens (primary N) is 1. The Balaban J connectivity index is 0.581. The predicted molar refractivity (Wildman–Crippen MR) is 322 cm³/mol. The highest BCUT2D eigenvalue weighted by molar-refractivity contribution is 7.13. The number of phenolic OH excluding ortho intramolecular Hbond substituents is 1. The van der Waals surface area contributed by atoms with Crippen molar-refractivity contribution < 1.29 is 29.1 Å². The van der Waals surface area contributed by atoms with E-state index >= 15 is 0 Å². The van der Waals surface area contributed by atoms with Gasteiger partial charge in [0.1, 0.15) is 23.8 Å². The van der Waals surface area contributed by atoms with E-state index in [1.165, 1.54) is 0 Å². The van der Waals surface area contributed by atoms with Gasteiger partial charge in [0.05, 0.1) is 39.6 Å². The molecule has 12 rings (SSSR count). The number of piperazine rings is 2. The molecule has 19 nitrogen and oxygen atoms in total. The van der Waals surface area contributed by atoms with Crippen LogP contribution in [0.2, 0.25) is 0 Å². The number of carbonyl (C=O) groups excluding carboxylic acids is 2. The number of benzene rings is 2. The fraction of sp³-hybridized carbons (Fsp3) is 0.540. The van der Waals surface area contributed by atoms with Crippen LogP contribution in [-0.2, 0) is 9.59 Å². The number of aromatic nitrogens is 5. The van der Waals surface area contributed by atoms with Gasteiger partial charge in [-0.05, 0) is 119 Å². The number of nitrogens with zero attached hydrogens (tertiary/aromatic N) is 11. The van der Waals surface area contributed by atoms with Gasteiger partial charge in [-0.3, -0.25) is 19.4 Å². The summed E-state index contributed by atoms with van der Waals surface area (Å²) in [4.78, 5) is 52.6. The highest BCUT2D eigenvalue weighted by atomic mass is 32.1. The number of aliphatic hydroxyl groups is 1. The third kappa shape index (κ3) is 11.9. The molecule has 0 radical (unpaired) electrons.